The van der Waals surface area contributed by atoms with E-state index in [-0.39, 0.29) is 0 Å². The maximum atomic E-state index is 6.14. The summed E-state index contributed by atoms with van der Waals surface area (Å²) in [6.45, 7) is 4.32. The molecule has 0 saturated carbocycles. The Morgan fingerprint density at radius 2 is 2.18 bits per heavy atom. The SMILES string of the molecule is CC(C)Cc1nc(-c2cscn2)nc(Cl)c1I. The minimum Gasteiger partial charge on any atom is -0.241 e. The maximum absolute atomic E-state index is 6.14. The van der Waals surface area contributed by atoms with Crippen LogP contribution in [-0.4, -0.2) is 15.0 Å². The molecule has 3 nitrogen and oxygen atoms in total. The van der Waals surface area contributed by atoms with Gasteiger partial charge in [-0.3, -0.25) is 0 Å². The highest BCUT2D eigenvalue weighted by molar-refractivity contribution is 14.1. The van der Waals surface area contributed by atoms with E-state index in [1.807, 2.05) is 5.38 Å². The fraction of sp³-hybridized carbons (Fsp3) is 0.364. The normalized spacial score (nSPS) is 11.1. The fourth-order valence-corrected chi connectivity index (χ4v) is 2.60. The summed E-state index contributed by atoms with van der Waals surface area (Å²) in [5.74, 6) is 1.16. The van der Waals surface area contributed by atoms with Crippen LogP contribution in [0.1, 0.15) is 19.5 Å². The summed E-state index contributed by atoms with van der Waals surface area (Å²) in [6.07, 6.45) is 0.900. The second-order valence-corrected chi connectivity index (χ2v) is 6.23. The van der Waals surface area contributed by atoms with Crippen molar-refractivity contribution < 1.29 is 0 Å². The first-order chi connectivity index (χ1) is 8.08. The zero-order valence-electron chi connectivity index (χ0n) is 9.44. The van der Waals surface area contributed by atoms with E-state index < -0.39 is 0 Å². The summed E-state index contributed by atoms with van der Waals surface area (Å²) < 4.78 is 0.942. The summed E-state index contributed by atoms with van der Waals surface area (Å²) in [5, 5.41) is 2.44. The first-order valence-electron chi connectivity index (χ1n) is 5.18. The van der Waals surface area contributed by atoms with Crippen LogP contribution in [0.3, 0.4) is 0 Å². The van der Waals surface area contributed by atoms with Gasteiger partial charge in [-0.2, -0.15) is 0 Å². The lowest BCUT2D eigenvalue weighted by Crippen LogP contribution is -2.04. The van der Waals surface area contributed by atoms with E-state index in [4.69, 9.17) is 11.6 Å². The monoisotopic (exact) mass is 379 g/mol. The second-order valence-electron chi connectivity index (χ2n) is 4.07. The van der Waals surface area contributed by atoms with Crippen LogP contribution in [0.4, 0.5) is 0 Å². The smallest absolute Gasteiger partial charge is 0.180 e. The maximum Gasteiger partial charge on any atom is 0.180 e. The average Bonchev–Trinajstić information content (AvgIpc) is 2.77. The lowest BCUT2D eigenvalue weighted by molar-refractivity contribution is 0.632. The molecule has 0 radical (unpaired) electrons. The highest BCUT2D eigenvalue weighted by atomic mass is 127. The lowest BCUT2D eigenvalue weighted by atomic mass is 10.1. The first kappa shape index (κ1) is 13.2. The van der Waals surface area contributed by atoms with Gasteiger partial charge in [-0.05, 0) is 34.9 Å². The quantitative estimate of drug-likeness (QED) is 0.596. The third-order valence-electron chi connectivity index (χ3n) is 2.14. The van der Waals surface area contributed by atoms with E-state index in [0.29, 0.717) is 16.9 Å². The van der Waals surface area contributed by atoms with Gasteiger partial charge in [0, 0.05) is 5.38 Å². The Bertz CT molecular complexity index is 514. The van der Waals surface area contributed by atoms with Gasteiger partial charge >= 0.3 is 0 Å². The van der Waals surface area contributed by atoms with Crippen LogP contribution in [0, 0.1) is 9.49 Å². The van der Waals surface area contributed by atoms with E-state index in [1.54, 1.807) is 5.51 Å². The molecule has 0 saturated heterocycles. The summed E-state index contributed by atoms with van der Waals surface area (Å²) in [5.41, 5.74) is 3.56. The Labute approximate surface area is 123 Å². The molecule has 0 aliphatic heterocycles. The summed E-state index contributed by atoms with van der Waals surface area (Å²) in [4.78, 5) is 13.0. The number of hydrogen-bond acceptors (Lipinski definition) is 4. The van der Waals surface area contributed by atoms with Crippen LogP contribution in [0.2, 0.25) is 5.15 Å². The van der Waals surface area contributed by atoms with Gasteiger partial charge < -0.3 is 0 Å². The zero-order valence-corrected chi connectivity index (χ0v) is 13.2. The topological polar surface area (TPSA) is 38.7 Å². The Kier molecular flexibility index (Phi) is 4.32. The van der Waals surface area contributed by atoms with Crippen LogP contribution in [0.15, 0.2) is 10.9 Å². The molecule has 2 rings (SSSR count). The third-order valence-corrected chi connectivity index (χ3v) is 4.45. The van der Waals surface area contributed by atoms with Gasteiger partial charge in [-0.25, -0.2) is 15.0 Å². The number of hydrogen-bond donors (Lipinski definition) is 0. The number of rotatable bonds is 3. The van der Waals surface area contributed by atoms with Crippen molar-refractivity contribution in [2.24, 2.45) is 5.92 Å². The van der Waals surface area contributed by atoms with Gasteiger partial charge in [0.15, 0.2) is 5.82 Å². The Morgan fingerprint density at radius 1 is 1.41 bits per heavy atom. The highest BCUT2D eigenvalue weighted by Gasteiger charge is 2.14. The average molecular weight is 380 g/mol. The standard InChI is InChI=1S/C11H11ClIN3S/c1-6(2)3-7-9(13)10(12)16-11(15-7)8-4-17-5-14-8/h4-6H,3H2,1-2H3. The molecule has 6 heteroatoms. The largest absolute Gasteiger partial charge is 0.241 e. The van der Waals surface area contributed by atoms with Crippen LogP contribution in [0.5, 0.6) is 0 Å². The molecule has 0 atom stereocenters. The molecule has 0 spiro atoms. The van der Waals surface area contributed by atoms with E-state index in [9.17, 15) is 0 Å². The van der Waals surface area contributed by atoms with Crippen molar-refractivity contribution in [3.05, 3.63) is 25.3 Å². The molecule has 90 valence electrons. The molecule has 0 unspecified atom stereocenters. The van der Waals surface area contributed by atoms with E-state index in [2.05, 4.69) is 51.4 Å². The van der Waals surface area contributed by atoms with Crippen LogP contribution in [-0.2, 0) is 6.42 Å². The molecule has 2 aromatic rings. The van der Waals surface area contributed by atoms with Crippen molar-refractivity contribution in [2.75, 3.05) is 0 Å². The molecule has 0 aliphatic rings. The molecule has 17 heavy (non-hydrogen) atoms. The number of thiazole rings is 1. The highest BCUT2D eigenvalue weighted by Crippen LogP contribution is 2.25. The van der Waals surface area contributed by atoms with Gasteiger partial charge in [0.1, 0.15) is 10.8 Å². The second kappa shape index (κ2) is 5.58. The van der Waals surface area contributed by atoms with Crippen LogP contribution >= 0.6 is 45.5 Å². The van der Waals surface area contributed by atoms with Crippen molar-refractivity contribution in [2.45, 2.75) is 20.3 Å². The fourth-order valence-electron chi connectivity index (χ4n) is 1.42. The molecule has 0 fully saturated rings. The van der Waals surface area contributed by atoms with Gasteiger partial charge in [0.2, 0.25) is 0 Å². The van der Waals surface area contributed by atoms with Crippen molar-refractivity contribution in [1.29, 1.82) is 0 Å². The van der Waals surface area contributed by atoms with Crippen LogP contribution in [0.25, 0.3) is 11.5 Å². The first-order valence-corrected chi connectivity index (χ1v) is 7.58. The Hall–Kier alpha value is -0.270. The summed E-state index contributed by atoms with van der Waals surface area (Å²) >= 11 is 9.86. The Balaban J connectivity index is 2.46. The Morgan fingerprint density at radius 3 is 2.76 bits per heavy atom. The predicted molar refractivity (Wildman–Crippen MR) is 79.4 cm³/mol. The molecule has 2 heterocycles. The minimum atomic E-state index is 0.513. The zero-order chi connectivity index (χ0) is 12.4. The van der Waals surface area contributed by atoms with Crippen molar-refractivity contribution in [3.8, 4) is 11.5 Å². The van der Waals surface area contributed by atoms with Gasteiger partial charge in [0.05, 0.1) is 14.8 Å². The molecular weight excluding hydrogens is 369 g/mol. The molecule has 0 bridgehead atoms. The number of nitrogens with zero attached hydrogens (tertiary/aromatic N) is 3. The molecule has 0 N–H and O–H groups in total. The predicted octanol–water partition coefficient (Wildman–Crippen LogP) is 4.06. The van der Waals surface area contributed by atoms with Gasteiger partial charge in [-0.15, -0.1) is 11.3 Å². The number of aromatic nitrogens is 3. The van der Waals surface area contributed by atoms with E-state index >= 15 is 0 Å². The lowest BCUT2D eigenvalue weighted by Gasteiger charge is -2.09. The van der Waals surface area contributed by atoms with Crippen molar-refractivity contribution in [1.82, 2.24) is 15.0 Å². The van der Waals surface area contributed by atoms with Crippen molar-refractivity contribution in [3.63, 3.8) is 0 Å². The van der Waals surface area contributed by atoms with E-state index in [1.165, 1.54) is 11.3 Å². The summed E-state index contributed by atoms with van der Waals surface area (Å²) in [7, 11) is 0. The van der Waals surface area contributed by atoms with Crippen LogP contribution < -0.4 is 0 Å². The molecule has 0 amide bonds. The minimum absolute atomic E-state index is 0.513. The van der Waals surface area contributed by atoms with Gasteiger partial charge in [0.25, 0.3) is 0 Å². The van der Waals surface area contributed by atoms with Gasteiger partial charge in [-0.1, -0.05) is 25.4 Å². The van der Waals surface area contributed by atoms with E-state index in [0.717, 1.165) is 21.4 Å². The van der Waals surface area contributed by atoms with Crippen molar-refractivity contribution >= 4 is 45.5 Å². The molecular formula is C11H11ClIN3S. The third kappa shape index (κ3) is 3.14. The molecule has 0 aromatic carbocycles. The molecule has 0 aliphatic carbocycles. The summed E-state index contributed by atoms with van der Waals surface area (Å²) in [6, 6.07) is 0. The molecule has 2 aromatic heterocycles. The number of halogens is 2.